The maximum atomic E-state index is 13.2. The predicted octanol–water partition coefficient (Wildman–Crippen LogP) is 3.06. The van der Waals surface area contributed by atoms with Crippen LogP contribution >= 0.6 is 0 Å². The number of carbonyl (C=O) groups excluding carboxylic acids is 1. The molecule has 1 atom stereocenters. The minimum absolute atomic E-state index is 0.00394. The van der Waals surface area contributed by atoms with Gasteiger partial charge in [-0.05, 0) is 61.7 Å². The fraction of sp³-hybridized carbons (Fsp3) is 0.458. The van der Waals surface area contributed by atoms with Crippen LogP contribution in [0.3, 0.4) is 0 Å². The average molecular weight is 540 g/mol. The van der Waals surface area contributed by atoms with Crippen LogP contribution in [0.1, 0.15) is 32.6 Å². The molecule has 3 rings (SSSR count). The number of methoxy groups -OCH3 is 1. The molecule has 1 aliphatic heterocycles. The number of hydrogen-bond donors (Lipinski definition) is 1. The van der Waals surface area contributed by atoms with Crippen LogP contribution in [0.15, 0.2) is 47.4 Å². The van der Waals surface area contributed by atoms with E-state index in [2.05, 4.69) is 5.32 Å². The molecule has 1 amide bonds. The van der Waals surface area contributed by atoms with Crippen molar-refractivity contribution in [2.75, 3.05) is 43.1 Å². The normalized spacial score (nSPS) is 15.7. The zero-order valence-electron chi connectivity index (χ0n) is 20.9. The number of benzene rings is 2. The molecule has 0 radical (unpaired) electrons. The SMILES string of the molecule is CCC(Oc1ccc(N(C)S(C)(=O)=O)cc1)C(=O)Nc1ccc(OC)c(S(=O)(=O)N2CCCCC2)c1. The molecular weight excluding hydrogens is 506 g/mol. The lowest BCUT2D eigenvalue weighted by Gasteiger charge is -2.26. The number of rotatable bonds is 10. The first kappa shape index (κ1) is 27.8. The van der Waals surface area contributed by atoms with Crippen LogP contribution in [0.4, 0.5) is 11.4 Å². The molecule has 1 aliphatic rings. The van der Waals surface area contributed by atoms with Crippen molar-refractivity contribution >= 4 is 37.3 Å². The highest BCUT2D eigenvalue weighted by molar-refractivity contribution is 7.92. The molecule has 1 unspecified atom stereocenters. The van der Waals surface area contributed by atoms with E-state index in [1.807, 2.05) is 0 Å². The highest BCUT2D eigenvalue weighted by Gasteiger charge is 2.29. The second kappa shape index (κ2) is 11.5. The third-order valence-electron chi connectivity index (χ3n) is 6.00. The molecule has 0 spiro atoms. The summed E-state index contributed by atoms with van der Waals surface area (Å²) in [6.07, 6.45) is 3.21. The summed E-state index contributed by atoms with van der Waals surface area (Å²) >= 11 is 0. The van der Waals surface area contributed by atoms with Gasteiger partial charge in [-0.15, -0.1) is 0 Å². The minimum Gasteiger partial charge on any atom is -0.495 e. The Morgan fingerprint density at radius 2 is 1.69 bits per heavy atom. The Morgan fingerprint density at radius 1 is 1.06 bits per heavy atom. The lowest BCUT2D eigenvalue weighted by Crippen LogP contribution is -2.36. The molecule has 10 nitrogen and oxygen atoms in total. The highest BCUT2D eigenvalue weighted by Crippen LogP contribution is 2.31. The molecule has 0 bridgehead atoms. The lowest BCUT2D eigenvalue weighted by molar-refractivity contribution is -0.122. The van der Waals surface area contributed by atoms with Crippen molar-refractivity contribution in [3.8, 4) is 11.5 Å². The first-order chi connectivity index (χ1) is 17.0. The monoisotopic (exact) mass is 539 g/mol. The highest BCUT2D eigenvalue weighted by atomic mass is 32.2. The van der Waals surface area contributed by atoms with E-state index in [0.29, 0.717) is 36.6 Å². The van der Waals surface area contributed by atoms with E-state index in [9.17, 15) is 21.6 Å². The largest absolute Gasteiger partial charge is 0.495 e. The Hall–Kier alpha value is -2.83. The van der Waals surface area contributed by atoms with Crippen LogP contribution in [-0.2, 0) is 24.8 Å². The summed E-state index contributed by atoms with van der Waals surface area (Å²) in [5, 5.41) is 2.74. The van der Waals surface area contributed by atoms with Crippen molar-refractivity contribution in [3.63, 3.8) is 0 Å². The van der Waals surface area contributed by atoms with Crippen LogP contribution in [0.2, 0.25) is 0 Å². The number of anilines is 2. The second-order valence-corrected chi connectivity index (χ2v) is 12.5. The molecule has 12 heteroatoms. The predicted molar refractivity (Wildman–Crippen MR) is 139 cm³/mol. The second-order valence-electron chi connectivity index (χ2n) is 8.56. The molecule has 1 fully saturated rings. The number of nitrogens with zero attached hydrogens (tertiary/aromatic N) is 2. The van der Waals surface area contributed by atoms with Gasteiger partial charge in [0.1, 0.15) is 16.4 Å². The zero-order chi connectivity index (χ0) is 26.5. The van der Waals surface area contributed by atoms with Gasteiger partial charge in [0.2, 0.25) is 20.0 Å². The summed E-state index contributed by atoms with van der Waals surface area (Å²) in [6, 6.07) is 10.8. The summed E-state index contributed by atoms with van der Waals surface area (Å²) in [6.45, 7) is 2.69. The van der Waals surface area contributed by atoms with Gasteiger partial charge in [-0.25, -0.2) is 16.8 Å². The molecule has 36 heavy (non-hydrogen) atoms. The maximum absolute atomic E-state index is 13.2. The van der Waals surface area contributed by atoms with E-state index < -0.39 is 32.1 Å². The van der Waals surface area contributed by atoms with Gasteiger partial charge in [-0.1, -0.05) is 13.3 Å². The fourth-order valence-electron chi connectivity index (χ4n) is 3.84. The molecule has 0 aromatic heterocycles. The lowest BCUT2D eigenvalue weighted by atomic mass is 10.2. The third-order valence-corrected chi connectivity index (χ3v) is 9.13. The summed E-state index contributed by atoms with van der Waals surface area (Å²) in [4.78, 5) is 13.0. The fourth-order valence-corrected chi connectivity index (χ4v) is 6.04. The number of piperidine rings is 1. The number of nitrogens with one attached hydrogen (secondary N) is 1. The van der Waals surface area contributed by atoms with Crippen molar-refractivity contribution in [1.82, 2.24) is 4.31 Å². The van der Waals surface area contributed by atoms with Gasteiger partial charge < -0.3 is 14.8 Å². The van der Waals surface area contributed by atoms with Crippen molar-refractivity contribution in [2.45, 2.75) is 43.6 Å². The van der Waals surface area contributed by atoms with Gasteiger partial charge in [0.25, 0.3) is 5.91 Å². The topological polar surface area (TPSA) is 122 Å². The standard InChI is InChI=1S/C24H33N3O7S2/c1-5-21(34-20-12-10-19(11-13-20)26(2)35(4,29)30)24(28)25-18-9-14-22(33-3)23(17-18)36(31,32)27-15-7-6-8-16-27/h9-14,17,21H,5-8,15-16H2,1-4H3,(H,25,28). The molecule has 1 heterocycles. The van der Waals surface area contributed by atoms with Gasteiger partial charge in [-0.3, -0.25) is 9.10 Å². The van der Waals surface area contributed by atoms with Gasteiger partial charge in [0.05, 0.1) is 19.1 Å². The molecule has 1 saturated heterocycles. The van der Waals surface area contributed by atoms with E-state index in [1.54, 1.807) is 37.3 Å². The molecule has 198 valence electrons. The third kappa shape index (κ3) is 6.48. The van der Waals surface area contributed by atoms with E-state index in [4.69, 9.17) is 9.47 Å². The van der Waals surface area contributed by atoms with Gasteiger partial charge in [0, 0.05) is 25.8 Å². The van der Waals surface area contributed by atoms with Crippen LogP contribution in [0.25, 0.3) is 0 Å². The summed E-state index contributed by atoms with van der Waals surface area (Å²) in [5.74, 6) is 0.160. The van der Waals surface area contributed by atoms with Gasteiger partial charge in [-0.2, -0.15) is 4.31 Å². The van der Waals surface area contributed by atoms with Crippen molar-refractivity contribution < 1.29 is 31.1 Å². The Balaban J connectivity index is 1.76. The zero-order valence-corrected chi connectivity index (χ0v) is 22.6. The quantitative estimate of drug-likeness (QED) is 0.492. The van der Waals surface area contributed by atoms with E-state index >= 15 is 0 Å². The number of hydrogen-bond acceptors (Lipinski definition) is 7. The summed E-state index contributed by atoms with van der Waals surface area (Å²) < 4.78 is 63.6. The van der Waals surface area contributed by atoms with E-state index in [0.717, 1.165) is 29.8 Å². The minimum atomic E-state index is -3.78. The Labute approximate surface area is 213 Å². The van der Waals surface area contributed by atoms with Gasteiger partial charge in [0.15, 0.2) is 6.10 Å². The van der Waals surface area contributed by atoms with Crippen molar-refractivity contribution in [2.24, 2.45) is 0 Å². The molecule has 2 aromatic carbocycles. The van der Waals surface area contributed by atoms with Crippen LogP contribution < -0.4 is 19.1 Å². The van der Waals surface area contributed by atoms with Crippen LogP contribution in [0.5, 0.6) is 11.5 Å². The molecule has 2 aromatic rings. The van der Waals surface area contributed by atoms with Crippen LogP contribution in [0, 0.1) is 0 Å². The summed E-state index contributed by atoms with van der Waals surface area (Å²) in [5.41, 5.74) is 0.770. The molecule has 0 aliphatic carbocycles. The number of carbonyl (C=O) groups is 1. The van der Waals surface area contributed by atoms with Gasteiger partial charge >= 0.3 is 0 Å². The number of amides is 1. The van der Waals surface area contributed by atoms with E-state index in [1.165, 1.54) is 30.6 Å². The average Bonchev–Trinajstić information content (AvgIpc) is 2.87. The summed E-state index contributed by atoms with van der Waals surface area (Å²) in [7, 11) is -4.33. The van der Waals surface area contributed by atoms with Crippen LogP contribution in [-0.4, -0.2) is 66.7 Å². The van der Waals surface area contributed by atoms with Crippen molar-refractivity contribution in [1.29, 1.82) is 0 Å². The number of ether oxygens (including phenoxy) is 2. The first-order valence-electron chi connectivity index (χ1n) is 11.7. The molecular formula is C24H33N3O7S2. The smallest absolute Gasteiger partial charge is 0.265 e. The Bertz CT molecular complexity index is 1270. The van der Waals surface area contributed by atoms with E-state index in [-0.39, 0.29) is 10.6 Å². The molecule has 1 N–H and O–H groups in total. The van der Waals surface area contributed by atoms with Crippen molar-refractivity contribution in [3.05, 3.63) is 42.5 Å². The first-order valence-corrected chi connectivity index (χ1v) is 15.0. The molecule has 0 saturated carbocycles. The Kier molecular flexibility index (Phi) is 8.85. The Morgan fingerprint density at radius 3 is 2.25 bits per heavy atom. The maximum Gasteiger partial charge on any atom is 0.265 e. The number of sulfonamides is 2.